The van der Waals surface area contributed by atoms with E-state index in [4.69, 9.17) is 10.8 Å². The maximum absolute atomic E-state index is 12.1. The number of nitrogens with zero attached hydrogens (tertiary/aromatic N) is 1. The lowest BCUT2D eigenvalue weighted by Crippen LogP contribution is -2.43. The number of aliphatic carboxylic acids is 1. The van der Waals surface area contributed by atoms with Gasteiger partial charge >= 0.3 is 5.97 Å². The van der Waals surface area contributed by atoms with Crippen molar-refractivity contribution in [3.05, 3.63) is 0 Å². The summed E-state index contributed by atoms with van der Waals surface area (Å²) in [5.41, 5.74) is 5.41. The molecule has 1 rings (SSSR count). The van der Waals surface area contributed by atoms with Gasteiger partial charge in [-0.3, -0.25) is 9.59 Å². The number of unbranched alkanes of at least 4 members (excludes halogenated alkanes) is 1. The molecule has 18 heavy (non-hydrogen) atoms. The molecule has 5 heteroatoms. The van der Waals surface area contributed by atoms with Gasteiger partial charge in [-0.05, 0) is 45.1 Å². The van der Waals surface area contributed by atoms with E-state index in [2.05, 4.69) is 0 Å². The first kappa shape index (κ1) is 15.0. The van der Waals surface area contributed by atoms with Crippen molar-refractivity contribution in [3.63, 3.8) is 0 Å². The van der Waals surface area contributed by atoms with E-state index < -0.39 is 5.97 Å². The first-order valence-corrected chi connectivity index (χ1v) is 6.86. The standard InChI is InChI=1S/C13H24N2O3/c14-9-3-1-6-12(16)15-10-4-2-5-11(15)7-8-13(17)18/h11H,1-10,14H2,(H,17,18). The third kappa shape index (κ3) is 5.04. The summed E-state index contributed by atoms with van der Waals surface area (Å²) in [4.78, 5) is 24.6. The molecule has 0 saturated carbocycles. The molecular weight excluding hydrogens is 232 g/mol. The molecule has 1 aliphatic heterocycles. The van der Waals surface area contributed by atoms with Crippen LogP contribution in [-0.4, -0.2) is 41.0 Å². The number of carboxylic acid groups (broad SMARTS) is 1. The van der Waals surface area contributed by atoms with Crippen LogP contribution in [0.15, 0.2) is 0 Å². The molecule has 1 amide bonds. The second-order valence-corrected chi connectivity index (χ2v) is 4.91. The lowest BCUT2D eigenvalue weighted by molar-refractivity contribution is -0.140. The second-order valence-electron chi connectivity index (χ2n) is 4.91. The number of amides is 1. The largest absolute Gasteiger partial charge is 0.481 e. The molecule has 1 saturated heterocycles. The van der Waals surface area contributed by atoms with Gasteiger partial charge in [0.05, 0.1) is 0 Å². The lowest BCUT2D eigenvalue weighted by atomic mass is 9.97. The number of carboxylic acids is 1. The van der Waals surface area contributed by atoms with Crippen LogP contribution in [0.1, 0.15) is 51.4 Å². The summed E-state index contributed by atoms with van der Waals surface area (Å²) in [5, 5.41) is 8.72. The fourth-order valence-electron chi connectivity index (χ4n) is 2.48. The molecule has 0 aromatic heterocycles. The van der Waals surface area contributed by atoms with E-state index in [0.29, 0.717) is 19.4 Å². The van der Waals surface area contributed by atoms with Gasteiger partial charge < -0.3 is 15.7 Å². The molecule has 0 aliphatic carbocycles. The molecule has 0 aromatic rings. The van der Waals surface area contributed by atoms with Gasteiger partial charge in [0.15, 0.2) is 0 Å². The van der Waals surface area contributed by atoms with Gasteiger partial charge in [0.2, 0.25) is 5.91 Å². The van der Waals surface area contributed by atoms with E-state index in [9.17, 15) is 9.59 Å². The van der Waals surface area contributed by atoms with E-state index in [1.165, 1.54) is 0 Å². The first-order valence-electron chi connectivity index (χ1n) is 6.86. The van der Waals surface area contributed by atoms with Crippen LogP contribution in [0.4, 0.5) is 0 Å². The summed E-state index contributed by atoms with van der Waals surface area (Å²) in [6.07, 6.45) is 6.05. The van der Waals surface area contributed by atoms with Gasteiger partial charge in [-0.2, -0.15) is 0 Å². The molecule has 104 valence electrons. The zero-order valence-corrected chi connectivity index (χ0v) is 10.9. The third-order valence-electron chi connectivity index (χ3n) is 3.48. The van der Waals surface area contributed by atoms with Crippen molar-refractivity contribution in [3.8, 4) is 0 Å². The minimum absolute atomic E-state index is 0.125. The van der Waals surface area contributed by atoms with Crippen LogP contribution in [0.2, 0.25) is 0 Å². The number of nitrogens with two attached hydrogens (primary N) is 1. The Morgan fingerprint density at radius 2 is 2.00 bits per heavy atom. The van der Waals surface area contributed by atoms with Crippen molar-refractivity contribution in [1.29, 1.82) is 0 Å². The molecule has 0 bridgehead atoms. The molecular formula is C13H24N2O3. The number of carbonyl (C=O) groups is 2. The first-order chi connectivity index (χ1) is 8.65. The van der Waals surface area contributed by atoms with Gasteiger partial charge in [-0.15, -0.1) is 0 Å². The monoisotopic (exact) mass is 256 g/mol. The van der Waals surface area contributed by atoms with Crippen LogP contribution in [0.3, 0.4) is 0 Å². The number of hydrogen-bond acceptors (Lipinski definition) is 3. The molecule has 1 atom stereocenters. The maximum Gasteiger partial charge on any atom is 0.303 e. The maximum atomic E-state index is 12.1. The smallest absolute Gasteiger partial charge is 0.303 e. The highest BCUT2D eigenvalue weighted by Crippen LogP contribution is 2.22. The van der Waals surface area contributed by atoms with Crippen molar-refractivity contribution in [1.82, 2.24) is 4.90 Å². The number of rotatable bonds is 7. The minimum Gasteiger partial charge on any atom is -0.481 e. The molecule has 1 unspecified atom stereocenters. The molecule has 5 nitrogen and oxygen atoms in total. The Balaban J connectivity index is 2.42. The summed E-state index contributed by atoms with van der Waals surface area (Å²) in [6, 6.07) is 0.125. The minimum atomic E-state index is -0.781. The van der Waals surface area contributed by atoms with Gasteiger partial charge in [-0.25, -0.2) is 0 Å². The lowest BCUT2D eigenvalue weighted by Gasteiger charge is -2.35. The molecule has 0 radical (unpaired) electrons. The Morgan fingerprint density at radius 1 is 1.22 bits per heavy atom. The highest BCUT2D eigenvalue weighted by molar-refractivity contribution is 5.76. The SMILES string of the molecule is NCCCCC(=O)N1CCCCC1CCC(=O)O. The van der Waals surface area contributed by atoms with Crippen molar-refractivity contribution >= 4 is 11.9 Å². The summed E-state index contributed by atoms with van der Waals surface area (Å²) in [7, 11) is 0. The Morgan fingerprint density at radius 3 is 2.67 bits per heavy atom. The Kier molecular flexibility index (Phi) is 6.72. The quantitative estimate of drug-likeness (QED) is 0.674. The molecule has 0 aromatic carbocycles. The van der Waals surface area contributed by atoms with Crippen LogP contribution < -0.4 is 5.73 Å². The zero-order chi connectivity index (χ0) is 13.4. The average molecular weight is 256 g/mol. The highest BCUT2D eigenvalue weighted by Gasteiger charge is 2.26. The van der Waals surface area contributed by atoms with Crippen molar-refractivity contribution in [2.24, 2.45) is 5.73 Å². The predicted molar refractivity (Wildman–Crippen MR) is 69.1 cm³/mol. The normalized spacial score (nSPS) is 19.8. The average Bonchev–Trinajstić information content (AvgIpc) is 2.37. The summed E-state index contributed by atoms with van der Waals surface area (Å²) < 4.78 is 0. The summed E-state index contributed by atoms with van der Waals surface area (Å²) in [6.45, 7) is 1.40. The van der Waals surface area contributed by atoms with Crippen LogP contribution >= 0.6 is 0 Å². The van der Waals surface area contributed by atoms with Crippen molar-refractivity contribution in [2.45, 2.75) is 57.4 Å². The Labute approximate surface area is 108 Å². The fourth-order valence-corrected chi connectivity index (χ4v) is 2.48. The summed E-state index contributed by atoms with van der Waals surface area (Å²) >= 11 is 0. The van der Waals surface area contributed by atoms with Crippen LogP contribution in [0.5, 0.6) is 0 Å². The van der Waals surface area contributed by atoms with Gasteiger partial charge in [0.25, 0.3) is 0 Å². The zero-order valence-electron chi connectivity index (χ0n) is 10.9. The topological polar surface area (TPSA) is 83.6 Å². The van der Waals surface area contributed by atoms with Crippen LogP contribution in [-0.2, 0) is 9.59 Å². The van der Waals surface area contributed by atoms with E-state index in [1.54, 1.807) is 0 Å². The third-order valence-corrected chi connectivity index (χ3v) is 3.48. The molecule has 1 heterocycles. The number of hydrogen-bond donors (Lipinski definition) is 2. The molecule has 3 N–H and O–H groups in total. The highest BCUT2D eigenvalue weighted by atomic mass is 16.4. The van der Waals surface area contributed by atoms with Crippen molar-refractivity contribution < 1.29 is 14.7 Å². The summed E-state index contributed by atoms with van der Waals surface area (Å²) in [5.74, 6) is -0.616. The Hall–Kier alpha value is -1.10. The predicted octanol–water partition coefficient (Wildman–Crippen LogP) is 1.36. The van der Waals surface area contributed by atoms with E-state index in [1.807, 2.05) is 4.90 Å². The van der Waals surface area contributed by atoms with Gasteiger partial charge in [0, 0.05) is 25.4 Å². The van der Waals surface area contributed by atoms with Crippen LogP contribution in [0, 0.1) is 0 Å². The van der Waals surface area contributed by atoms with E-state index in [-0.39, 0.29) is 18.4 Å². The second kappa shape index (κ2) is 8.08. The molecule has 0 spiro atoms. The van der Waals surface area contributed by atoms with Gasteiger partial charge in [0.1, 0.15) is 0 Å². The molecule has 1 fully saturated rings. The van der Waals surface area contributed by atoms with Crippen LogP contribution in [0.25, 0.3) is 0 Å². The fraction of sp³-hybridized carbons (Fsp3) is 0.846. The number of piperidine rings is 1. The van der Waals surface area contributed by atoms with Crippen molar-refractivity contribution in [2.75, 3.05) is 13.1 Å². The Bertz CT molecular complexity index is 281. The van der Waals surface area contributed by atoms with E-state index in [0.717, 1.165) is 38.6 Å². The van der Waals surface area contributed by atoms with Gasteiger partial charge in [-0.1, -0.05) is 0 Å². The number of likely N-dealkylation sites (tertiary alicyclic amines) is 1. The number of carbonyl (C=O) groups excluding carboxylic acids is 1. The molecule has 1 aliphatic rings. The van der Waals surface area contributed by atoms with E-state index >= 15 is 0 Å².